The zero-order valence-electron chi connectivity index (χ0n) is 13.7. The average molecular weight is 348 g/mol. The van der Waals surface area contributed by atoms with Gasteiger partial charge in [0.1, 0.15) is 11.5 Å². The first-order valence-electron chi connectivity index (χ1n) is 7.82. The molecule has 3 rings (SSSR count). The van der Waals surface area contributed by atoms with Crippen LogP contribution in [0.2, 0.25) is 0 Å². The molecule has 1 heterocycles. The molecule has 0 saturated carbocycles. The summed E-state index contributed by atoms with van der Waals surface area (Å²) in [6.45, 7) is -1.96. The molecule has 0 unspecified atom stereocenters. The number of hydrogen-bond donors (Lipinski definition) is 1. The average Bonchev–Trinajstić information content (AvgIpc) is 2.62. The van der Waals surface area contributed by atoms with Gasteiger partial charge in [-0.3, -0.25) is 0 Å². The van der Waals surface area contributed by atoms with E-state index in [1.54, 1.807) is 4.90 Å². The Balaban J connectivity index is 1.76. The predicted octanol–water partition coefficient (Wildman–Crippen LogP) is 3.89. The quantitative estimate of drug-likeness (QED) is 0.912. The van der Waals surface area contributed by atoms with Crippen LogP contribution in [0.15, 0.2) is 42.5 Å². The third-order valence-corrected chi connectivity index (χ3v) is 4.06. The van der Waals surface area contributed by atoms with Gasteiger partial charge in [0.15, 0.2) is 0 Å². The lowest BCUT2D eigenvalue weighted by molar-refractivity contribution is -0.0493. The van der Waals surface area contributed by atoms with Crippen molar-refractivity contribution in [2.45, 2.75) is 19.6 Å². The molecule has 1 aliphatic heterocycles. The lowest BCUT2D eigenvalue weighted by Gasteiger charge is -2.29. The molecule has 1 aliphatic rings. The molecule has 1 N–H and O–H groups in total. The number of nitrogens with zero attached hydrogens (tertiary/aromatic N) is 1. The van der Waals surface area contributed by atoms with Gasteiger partial charge in [-0.2, -0.15) is 8.78 Å². The van der Waals surface area contributed by atoms with Gasteiger partial charge in [-0.25, -0.2) is 4.79 Å². The molecule has 0 saturated heterocycles. The predicted molar refractivity (Wildman–Crippen MR) is 89.2 cm³/mol. The van der Waals surface area contributed by atoms with E-state index in [1.807, 2.05) is 24.3 Å². The van der Waals surface area contributed by atoms with E-state index in [9.17, 15) is 13.6 Å². The Labute approximate surface area is 144 Å². The van der Waals surface area contributed by atoms with Crippen LogP contribution >= 0.6 is 0 Å². The minimum Gasteiger partial charge on any atom is -0.497 e. The first-order valence-corrected chi connectivity index (χ1v) is 7.82. The highest BCUT2D eigenvalue weighted by Crippen LogP contribution is 2.31. The number of benzene rings is 2. The summed E-state index contributed by atoms with van der Waals surface area (Å²) in [5, 5.41) is 2.64. The van der Waals surface area contributed by atoms with Crippen molar-refractivity contribution in [3.8, 4) is 11.5 Å². The molecule has 0 bridgehead atoms. The van der Waals surface area contributed by atoms with Crippen molar-refractivity contribution in [3.05, 3.63) is 53.6 Å². The van der Waals surface area contributed by atoms with Gasteiger partial charge in [0.05, 0.1) is 12.8 Å². The molecule has 0 aromatic heterocycles. The van der Waals surface area contributed by atoms with Gasteiger partial charge >= 0.3 is 12.6 Å². The number of hydrogen-bond acceptors (Lipinski definition) is 3. The second-order valence-electron chi connectivity index (χ2n) is 5.61. The Bertz CT molecular complexity index is 768. The van der Waals surface area contributed by atoms with E-state index < -0.39 is 6.61 Å². The first kappa shape index (κ1) is 17.0. The lowest BCUT2D eigenvalue weighted by Crippen LogP contribution is -2.38. The number of urea groups is 1. The summed E-state index contributed by atoms with van der Waals surface area (Å²) in [4.78, 5) is 14.2. The monoisotopic (exact) mass is 348 g/mol. The van der Waals surface area contributed by atoms with E-state index in [4.69, 9.17) is 4.74 Å². The normalized spacial score (nSPS) is 13.4. The van der Waals surface area contributed by atoms with E-state index >= 15 is 0 Å². The molecular formula is C18H18F2N2O3. The molecule has 0 radical (unpaired) electrons. The second kappa shape index (κ2) is 7.38. The van der Waals surface area contributed by atoms with E-state index in [0.29, 0.717) is 18.8 Å². The molecule has 0 aliphatic carbocycles. The van der Waals surface area contributed by atoms with Crippen LogP contribution < -0.4 is 14.8 Å². The fourth-order valence-corrected chi connectivity index (χ4v) is 2.80. The van der Waals surface area contributed by atoms with Gasteiger partial charge in [-0.15, -0.1) is 0 Å². The molecule has 132 valence electrons. The topological polar surface area (TPSA) is 50.8 Å². The van der Waals surface area contributed by atoms with Crippen LogP contribution in [0.25, 0.3) is 0 Å². The van der Waals surface area contributed by atoms with Crippen molar-refractivity contribution >= 4 is 11.7 Å². The van der Waals surface area contributed by atoms with Gasteiger partial charge < -0.3 is 19.7 Å². The minimum atomic E-state index is -2.98. The Morgan fingerprint density at radius 3 is 2.68 bits per heavy atom. The highest BCUT2D eigenvalue weighted by molar-refractivity contribution is 5.91. The number of carbonyl (C=O) groups is 1. The van der Waals surface area contributed by atoms with E-state index in [-0.39, 0.29) is 17.5 Å². The largest absolute Gasteiger partial charge is 0.497 e. The maximum Gasteiger partial charge on any atom is 0.387 e. The second-order valence-corrected chi connectivity index (χ2v) is 5.61. The van der Waals surface area contributed by atoms with Gasteiger partial charge in [-0.1, -0.05) is 24.3 Å². The van der Waals surface area contributed by atoms with E-state index in [2.05, 4.69) is 10.1 Å². The zero-order chi connectivity index (χ0) is 17.8. The Morgan fingerprint density at radius 2 is 1.96 bits per heavy atom. The van der Waals surface area contributed by atoms with Gasteiger partial charge in [0.25, 0.3) is 0 Å². The lowest BCUT2D eigenvalue weighted by atomic mass is 10.0. The van der Waals surface area contributed by atoms with Crippen LogP contribution in [-0.2, 0) is 13.0 Å². The molecule has 5 nitrogen and oxygen atoms in total. The zero-order valence-corrected chi connectivity index (χ0v) is 13.7. The molecule has 0 atom stereocenters. The molecule has 0 spiro atoms. The summed E-state index contributed by atoms with van der Waals surface area (Å²) in [7, 11) is 1.45. The van der Waals surface area contributed by atoms with Gasteiger partial charge in [0, 0.05) is 19.2 Å². The number of rotatable bonds is 4. The standard InChI is InChI=1S/C18H18F2N2O3/c1-24-14-6-7-16(25-17(19)20)15(10-14)21-18(23)22-9-8-12-4-2-3-5-13(12)11-22/h2-7,10,17H,8-9,11H2,1H3,(H,21,23). The molecule has 2 aromatic rings. The number of fused-ring (bicyclic) bond motifs is 1. The Kier molecular flexibility index (Phi) is 5.02. The van der Waals surface area contributed by atoms with Crippen LogP contribution in [0.4, 0.5) is 19.3 Å². The van der Waals surface area contributed by atoms with Gasteiger partial charge in [0.2, 0.25) is 0 Å². The fourth-order valence-electron chi connectivity index (χ4n) is 2.80. The number of nitrogens with one attached hydrogen (secondary N) is 1. The highest BCUT2D eigenvalue weighted by atomic mass is 19.3. The smallest absolute Gasteiger partial charge is 0.387 e. The molecule has 2 aromatic carbocycles. The fraction of sp³-hybridized carbons (Fsp3) is 0.278. The van der Waals surface area contributed by atoms with Crippen molar-refractivity contribution in [3.63, 3.8) is 0 Å². The number of alkyl halides is 2. The van der Waals surface area contributed by atoms with Crippen molar-refractivity contribution < 1.29 is 23.0 Å². The molecule has 25 heavy (non-hydrogen) atoms. The first-order chi connectivity index (χ1) is 12.1. The summed E-state index contributed by atoms with van der Waals surface area (Å²) < 4.78 is 34.7. The maximum atomic E-state index is 12.6. The van der Waals surface area contributed by atoms with Crippen LogP contribution in [0.3, 0.4) is 0 Å². The molecular weight excluding hydrogens is 330 g/mol. The van der Waals surface area contributed by atoms with Gasteiger partial charge in [-0.05, 0) is 29.7 Å². The summed E-state index contributed by atoms with van der Waals surface area (Å²) in [6.07, 6.45) is 0.752. The van der Waals surface area contributed by atoms with Crippen molar-refractivity contribution in [1.82, 2.24) is 4.90 Å². The van der Waals surface area contributed by atoms with Crippen molar-refractivity contribution in [2.75, 3.05) is 19.0 Å². The van der Waals surface area contributed by atoms with Crippen LogP contribution in [-0.4, -0.2) is 31.2 Å². The number of carbonyl (C=O) groups excluding carboxylic acids is 1. The number of halogens is 2. The molecule has 7 heteroatoms. The number of ether oxygens (including phenoxy) is 2. The summed E-state index contributed by atoms with van der Waals surface area (Å²) >= 11 is 0. The van der Waals surface area contributed by atoms with E-state index in [1.165, 1.54) is 30.9 Å². The van der Waals surface area contributed by atoms with Crippen molar-refractivity contribution in [2.24, 2.45) is 0 Å². The number of methoxy groups -OCH3 is 1. The third kappa shape index (κ3) is 3.99. The minimum absolute atomic E-state index is 0.110. The highest BCUT2D eigenvalue weighted by Gasteiger charge is 2.22. The van der Waals surface area contributed by atoms with Crippen molar-refractivity contribution in [1.29, 1.82) is 0 Å². The number of anilines is 1. The van der Waals surface area contributed by atoms with E-state index in [0.717, 1.165) is 12.0 Å². The van der Waals surface area contributed by atoms with Crippen LogP contribution in [0.5, 0.6) is 11.5 Å². The summed E-state index contributed by atoms with van der Waals surface area (Å²) in [6, 6.07) is 11.8. The Hall–Kier alpha value is -2.83. The SMILES string of the molecule is COc1ccc(OC(F)F)c(NC(=O)N2CCc3ccccc3C2)c1. The number of amides is 2. The van der Waals surface area contributed by atoms with Crippen LogP contribution in [0.1, 0.15) is 11.1 Å². The summed E-state index contributed by atoms with van der Waals surface area (Å²) in [5.74, 6) is 0.322. The maximum absolute atomic E-state index is 12.6. The molecule has 2 amide bonds. The third-order valence-electron chi connectivity index (χ3n) is 4.06. The Morgan fingerprint density at radius 1 is 1.20 bits per heavy atom. The van der Waals surface area contributed by atoms with Crippen LogP contribution in [0, 0.1) is 0 Å². The molecule has 0 fully saturated rings. The summed E-state index contributed by atoms with van der Waals surface area (Å²) in [5.41, 5.74) is 2.44.